The van der Waals surface area contributed by atoms with Crippen LogP contribution < -0.4 is 10.1 Å². The van der Waals surface area contributed by atoms with Gasteiger partial charge in [0.25, 0.3) is 0 Å². The van der Waals surface area contributed by atoms with Gasteiger partial charge in [0.15, 0.2) is 0 Å². The number of hydrogen-bond donors (Lipinski definition) is 2. The molecule has 2 heterocycles. The van der Waals surface area contributed by atoms with Crippen molar-refractivity contribution >= 4 is 34.4 Å². The van der Waals surface area contributed by atoms with E-state index in [1.807, 2.05) is 0 Å². The van der Waals surface area contributed by atoms with Crippen molar-refractivity contribution < 1.29 is 4.74 Å². The molecule has 0 unspecified atom stereocenters. The van der Waals surface area contributed by atoms with E-state index >= 15 is 0 Å². The maximum atomic E-state index is 5.93. The molecular weight excluding hydrogens is 233 g/mol. The first-order chi connectivity index (χ1) is 9.03. The minimum absolute atomic E-state index is 0.152. The number of aromatic amines is 1. The summed E-state index contributed by atoms with van der Waals surface area (Å²) in [5.41, 5.74) is 4.06. The van der Waals surface area contributed by atoms with Crippen LogP contribution in [-0.2, 0) is 12.8 Å². The second-order valence-corrected chi connectivity index (χ2v) is 6.25. The van der Waals surface area contributed by atoms with Gasteiger partial charge in [0, 0.05) is 40.9 Å². The third-order valence-electron chi connectivity index (χ3n) is 3.49. The molecule has 0 amide bonds. The van der Waals surface area contributed by atoms with E-state index in [4.69, 9.17) is 4.74 Å². The number of benzene rings is 1. The molecular formula is C13H19B3N2O. The third kappa shape index (κ3) is 2.68. The van der Waals surface area contributed by atoms with Crippen molar-refractivity contribution in [1.29, 1.82) is 0 Å². The molecule has 0 bridgehead atoms. The van der Waals surface area contributed by atoms with E-state index in [0.717, 1.165) is 31.7 Å². The molecule has 0 saturated carbocycles. The Bertz CT molecular complexity index is 604. The second kappa shape index (κ2) is 4.67. The minimum atomic E-state index is -0.152. The smallest absolute Gasteiger partial charge is 0.135 e. The van der Waals surface area contributed by atoms with E-state index in [9.17, 15) is 0 Å². The van der Waals surface area contributed by atoms with Gasteiger partial charge in [0.05, 0.1) is 0 Å². The van der Waals surface area contributed by atoms with E-state index in [0.29, 0.717) is 0 Å². The van der Waals surface area contributed by atoms with Crippen LogP contribution >= 0.6 is 0 Å². The maximum absolute atomic E-state index is 5.93. The number of nitrogens with one attached hydrogen (secondary N) is 2. The van der Waals surface area contributed by atoms with Gasteiger partial charge in [0.2, 0.25) is 0 Å². The minimum Gasteiger partial charge on any atom is -0.514 e. The summed E-state index contributed by atoms with van der Waals surface area (Å²) >= 11 is 0. The largest absolute Gasteiger partial charge is 0.514 e. The summed E-state index contributed by atoms with van der Waals surface area (Å²) < 4.78 is 5.93. The molecule has 19 heavy (non-hydrogen) atoms. The molecule has 0 saturated heterocycles. The van der Waals surface area contributed by atoms with Crippen LogP contribution in [0, 0.1) is 0 Å². The molecule has 1 aliphatic rings. The van der Waals surface area contributed by atoms with E-state index in [1.165, 1.54) is 22.2 Å². The predicted octanol–water partition coefficient (Wildman–Crippen LogP) is -1.25. The summed E-state index contributed by atoms with van der Waals surface area (Å²) in [7, 11) is 6.23. The summed E-state index contributed by atoms with van der Waals surface area (Å²) in [5.74, 6) is 0.939. The Kier molecular flexibility index (Phi) is 3.13. The quantitative estimate of drug-likeness (QED) is 0.655. The van der Waals surface area contributed by atoms with Crippen LogP contribution in [0.1, 0.15) is 11.3 Å². The van der Waals surface area contributed by atoms with Crippen molar-refractivity contribution in [2.45, 2.75) is 18.1 Å². The molecule has 2 N–H and O–H groups in total. The molecule has 1 aliphatic heterocycles. The average molecular weight is 252 g/mol. The van der Waals surface area contributed by atoms with Crippen molar-refractivity contribution in [3.63, 3.8) is 0 Å². The monoisotopic (exact) mass is 252 g/mol. The summed E-state index contributed by atoms with van der Waals surface area (Å²) in [5, 5.41) is 4.64. The van der Waals surface area contributed by atoms with Gasteiger partial charge in [-0.15, -0.1) is 0 Å². The Morgan fingerprint density at radius 1 is 1.11 bits per heavy atom. The first-order valence-electron chi connectivity index (χ1n) is 7.06. The molecule has 96 valence electrons. The molecule has 3 rings (SSSR count). The SMILES string of the molecule is BC(B)(B)Oc1ccc2c3c([nH]c2c1)CCNCC3. The molecule has 1 aromatic heterocycles. The highest BCUT2D eigenvalue weighted by molar-refractivity contribution is 6.58. The van der Waals surface area contributed by atoms with Crippen LogP contribution in [-0.4, -0.2) is 46.9 Å². The van der Waals surface area contributed by atoms with Crippen molar-refractivity contribution in [3.05, 3.63) is 29.5 Å². The van der Waals surface area contributed by atoms with Crippen LogP contribution in [0.3, 0.4) is 0 Å². The highest BCUT2D eigenvalue weighted by atomic mass is 16.5. The van der Waals surface area contributed by atoms with Gasteiger partial charge >= 0.3 is 0 Å². The molecule has 0 atom stereocenters. The van der Waals surface area contributed by atoms with E-state index in [1.54, 1.807) is 0 Å². The normalized spacial score (nSPS) is 16.0. The lowest BCUT2D eigenvalue weighted by Crippen LogP contribution is -2.37. The summed E-state index contributed by atoms with van der Waals surface area (Å²) in [4.78, 5) is 3.56. The standard InChI is InChI=1S/C13H19B3N2O/c14-13(15,16)19-8-1-2-9-10-3-5-17-6-4-11(10)18-12(9)7-8/h1-2,7,17-18H,3-6,14-16H2. The Labute approximate surface area is 116 Å². The first kappa shape index (κ1) is 12.7. The van der Waals surface area contributed by atoms with Gasteiger partial charge in [-0.1, -0.05) is 0 Å². The van der Waals surface area contributed by atoms with Gasteiger partial charge in [-0.3, -0.25) is 0 Å². The van der Waals surface area contributed by atoms with E-state index < -0.39 is 0 Å². The van der Waals surface area contributed by atoms with Crippen LogP contribution in [0.25, 0.3) is 10.9 Å². The van der Waals surface area contributed by atoms with Crippen LogP contribution in [0.4, 0.5) is 0 Å². The summed E-state index contributed by atoms with van der Waals surface area (Å²) in [6.07, 6.45) is 2.19. The fourth-order valence-corrected chi connectivity index (χ4v) is 2.76. The third-order valence-corrected chi connectivity index (χ3v) is 3.49. The molecule has 2 aromatic rings. The van der Waals surface area contributed by atoms with Crippen molar-refractivity contribution in [2.75, 3.05) is 13.1 Å². The second-order valence-electron chi connectivity index (χ2n) is 6.25. The van der Waals surface area contributed by atoms with Gasteiger partial charge in [-0.2, -0.15) is 0 Å². The highest BCUT2D eigenvalue weighted by Gasteiger charge is 2.16. The van der Waals surface area contributed by atoms with Crippen LogP contribution in [0.5, 0.6) is 5.75 Å². The zero-order valence-corrected chi connectivity index (χ0v) is 12.0. The lowest BCUT2D eigenvalue weighted by molar-refractivity contribution is 0.319. The Morgan fingerprint density at radius 3 is 2.68 bits per heavy atom. The number of H-pyrrole nitrogens is 1. The van der Waals surface area contributed by atoms with Crippen LogP contribution in [0.2, 0.25) is 0 Å². The summed E-state index contributed by atoms with van der Waals surface area (Å²) in [6, 6.07) is 6.40. The fourth-order valence-electron chi connectivity index (χ4n) is 2.76. The number of fused-ring (bicyclic) bond motifs is 3. The molecule has 0 spiro atoms. The van der Waals surface area contributed by atoms with Gasteiger partial charge in [-0.25, -0.2) is 0 Å². The van der Waals surface area contributed by atoms with E-state index in [-0.39, 0.29) is 5.30 Å². The van der Waals surface area contributed by atoms with Crippen molar-refractivity contribution in [3.8, 4) is 5.75 Å². The lowest BCUT2D eigenvalue weighted by atomic mass is 9.52. The van der Waals surface area contributed by atoms with Crippen LogP contribution in [0.15, 0.2) is 18.2 Å². The molecule has 0 radical (unpaired) electrons. The van der Waals surface area contributed by atoms with Crippen molar-refractivity contribution in [2.24, 2.45) is 0 Å². The zero-order chi connectivity index (χ0) is 13.5. The molecule has 0 aliphatic carbocycles. The average Bonchev–Trinajstić information content (AvgIpc) is 2.50. The maximum Gasteiger partial charge on any atom is 0.135 e. The molecule has 3 nitrogen and oxygen atoms in total. The molecule has 0 fully saturated rings. The van der Waals surface area contributed by atoms with Gasteiger partial charge < -0.3 is 15.0 Å². The number of ether oxygens (including phenoxy) is 1. The number of hydrogen-bond acceptors (Lipinski definition) is 2. The lowest BCUT2D eigenvalue weighted by Gasteiger charge is -2.21. The number of aromatic nitrogens is 1. The van der Waals surface area contributed by atoms with Gasteiger partial charge in [-0.05, 0) is 30.7 Å². The van der Waals surface area contributed by atoms with E-state index in [2.05, 4.69) is 52.0 Å². The van der Waals surface area contributed by atoms with Crippen molar-refractivity contribution in [1.82, 2.24) is 10.3 Å². The molecule has 6 heteroatoms. The topological polar surface area (TPSA) is 37.0 Å². The fraction of sp³-hybridized carbons (Fsp3) is 0.385. The zero-order valence-electron chi connectivity index (χ0n) is 12.0. The van der Waals surface area contributed by atoms with Gasteiger partial charge in [0.1, 0.15) is 29.3 Å². The first-order valence-corrected chi connectivity index (χ1v) is 7.06. The molecule has 1 aromatic carbocycles. The Morgan fingerprint density at radius 2 is 1.89 bits per heavy atom. The highest BCUT2D eigenvalue weighted by Crippen LogP contribution is 2.28. The Hall–Kier alpha value is -1.29. The predicted molar refractivity (Wildman–Crippen MR) is 87.6 cm³/mol. The number of rotatable bonds is 2. The Balaban J connectivity index is 2.01. The summed E-state index contributed by atoms with van der Waals surface area (Å²) in [6.45, 7) is 2.13.